The van der Waals surface area contributed by atoms with E-state index < -0.39 is 15.8 Å². The molecule has 11 heteroatoms. The summed E-state index contributed by atoms with van der Waals surface area (Å²) < 4.78 is 39.6. The maximum atomic E-state index is 14.5. The molecule has 34 heavy (non-hydrogen) atoms. The van der Waals surface area contributed by atoms with E-state index in [1.807, 2.05) is 6.92 Å². The smallest absolute Gasteiger partial charge is 0.251 e. The molecule has 4 heterocycles. The van der Waals surface area contributed by atoms with Gasteiger partial charge in [0.1, 0.15) is 5.82 Å². The van der Waals surface area contributed by atoms with Gasteiger partial charge in [0.25, 0.3) is 5.91 Å². The summed E-state index contributed by atoms with van der Waals surface area (Å²) in [6.07, 6.45) is 6.44. The molecule has 9 nitrogen and oxygen atoms in total. The summed E-state index contributed by atoms with van der Waals surface area (Å²) >= 11 is 0. The molecule has 0 saturated heterocycles. The summed E-state index contributed by atoms with van der Waals surface area (Å²) in [5.74, 6) is -0.334. The number of carbonyl (C=O) groups is 1. The molecule has 178 valence electrons. The molecule has 0 fully saturated rings. The number of halogens is 1. The largest absolute Gasteiger partial charge is 0.370 e. The molecule has 2 aromatic heterocycles. The van der Waals surface area contributed by atoms with Gasteiger partial charge in [-0.15, -0.1) is 0 Å². The number of sulfone groups is 1. The van der Waals surface area contributed by atoms with Crippen LogP contribution in [0.15, 0.2) is 41.6 Å². The zero-order valence-electron chi connectivity index (χ0n) is 18.9. The Morgan fingerprint density at radius 2 is 1.74 bits per heavy atom. The van der Waals surface area contributed by atoms with Crippen LogP contribution in [0.25, 0.3) is 11.1 Å². The van der Waals surface area contributed by atoms with Gasteiger partial charge in [-0.05, 0) is 44.4 Å². The number of rotatable bonds is 1. The second kappa shape index (κ2) is 9.72. The number of nitrogens with zero attached hydrogens (tertiary/aromatic N) is 3. The average Bonchev–Trinajstić information content (AvgIpc) is 2.80. The average molecular weight is 485 g/mol. The molecule has 1 amide bonds. The number of anilines is 3. The third kappa shape index (κ3) is 5.30. The molecule has 6 bridgehead atoms. The first-order valence-electron chi connectivity index (χ1n) is 10.8. The third-order valence-corrected chi connectivity index (χ3v) is 6.58. The van der Waals surface area contributed by atoms with Gasteiger partial charge in [0, 0.05) is 54.0 Å². The number of amides is 1. The Morgan fingerprint density at radius 1 is 0.971 bits per heavy atom. The van der Waals surface area contributed by atoms with Crippen molar-refractivity contribution in [3.8, 4) is 11.1 Å². The van der Waals surface area contributed by atoms with Crippen molar-refractivity contribution in [1.29, 1.82) is 0 Å². The lowest BCUT2D eigenvalue weighted by Gasteiger charge is -2.13. The van der Waals surface area contributed by atoms with Crippen LogP contribution >= 0.6 is 0 Å². The van der Waals surface area contributed by atoms with Gasteiger partial charge in [-0.1, -0.05) is 6.07 Å². The molecule has 3 aromatic rings. The highest BCUT2D eigenvalue weighted by molar-refractivity contribution is 7.90. The van der Waals surface area contributed by atoms with Crippen LogP contribution in [0.4, 0.5) is 21.8 Å². The summed E-state index contributed by atoms with van der Waals surface area (Å²) in [6.45, 7) is 3.02. The molecule has 1 aromatic carbocycles. The minimum atomic E-state index is -3.71. The van der Waals surface area contributed by atoms with Crippen LogP contribution in [-0.2, 0) is 9.84 Å². The molecule has 2 aliphatic rings. The van der Waals surface area contributed by atoms with Gasteiger partial charge >= 0.3 is 0 Å². The Hall–Kier alpha value is -3.60. The fraction of sp³-hybridized carbons (Fsp3) is 0.304. The SMILES string of the molecule is Cc1cnc2nc1NCCCCCNC(=O)c1ccc(c(S(C)(=O)=O)c1)-c1cnc(F)c(c1)N2. The molecule has 3 N–H and O–H groups in total. The van der Waals surface area contributed by atoms with E-state index in [2.05, 4.69) is 30.9 Å². The van der Waals surface area contributed by atoms with Crippen LogP contribution in [0.1, 0.15) is 35.2 Å². The first-order chi connectivity index (χ1) is 16.2. The monoisotopic (exact) mass is 484 g/mol. The number of carbonyl (C=O) groups excluding carboxylic acids is 1. The molecule has 0 saturated carbocycles. The van der Waals surface area contributed by atoms with Crippen molar-refractivity contribution in [3.63, 3.8) is 0 Å². The van der Waals surface area contributed by atoms with E-state index in [0.29, 0.717) is 30.0 Å². The second-order valence-corrected chi connectivity index (χ2v) is 10.1. The number of aromatic nitrogens is 3. The summed E-state index contributed by atoms with van der Waals surface area (Å²) in [5, 5.41) is 8.93. The maximum absolute atomic E-state index is 14.5. The summed E-state index contributed by atoms with van der Waals surface area (Å²) in [4.78, 5) is 25.0. The van der Waals surface area contributed by atoms with Gasteiger partial charge in [0.2, 0.25) is 11.9 Å². The number of hydrogen-bond donors (Lipinski definition) is 3. The van der Waals surface area contributed by atoms with Gasteiger partial charge in [0.05, 0.1) is 10.6 Å². The van der Waals surface area contributed by atoms with E-state index in [9.17, 15) is 17.6 Å². The Kier molecular flexibility index (Phi) is 6.73. The highest BCUT2D eigenvalue weighted by Crippen LogP contribution is 2.31. The number of aryl methyl sites for hydroxylation is 1. The molecule has 0 spiro atoms. The summed E-state index contributed by atoms with van der Waals surface area (Å²) in [5.41, 5.74) is 1.73. The summed E-state index contributed by atoms with van der Waals surface area (Å²) in [7, 11) is -3.71. The van der Waals surface area contributed by atoms with Crippen molar-refractivity contribution >= 4 is 33.2 Å². The van der Waals surface area contributed by atoms with Crippen molar-refractivity contribution in [3.05, 3.63) is 53.7 Å². The Labute approximate surface area is 197 Å². The molecule has 5 rings (SSSR count). The van der Waals surface area contributed by atoms with Crippen LogP contribution in [0.5, 0.6) is 0 Å². The van der Waals surface area contributed by atoms with Gasteiger partial charge in [-0.25, -0.2) is 18.4 Å². The zero-order chi connectivity index (χ0) is 24.3. The van der Waals surface area contributed by atoms with Crippen molar-refractivity contribution in [2.24, 2.45) is 0 Å². The normalized spacial score (nSPS) is 14.7. The molecule has 0 aliphatic carbocycles. The zero-order valence-corrected chi connectivity index (χ0v) is 19.7. The fourth-order valence-corrected chi connectivity index (χ4v) is 4.56. The maximum Gasteiger partial charge on any atom is 0.251 e. The van der Waals surface area contributed by atoms with Gasteiger partial charge in [-0.3, -0.25) is 4.79 Å². The van der Waals surface area contributed by atoms with E-state index in [-0.39, 0.29) is 28.0 Å². The second-order valence-electron chi connectivity index (χ2n) is 8.14. The van der Waals surface area contributed by atoms with Crippen LogP contribution in [0.3, 0.4) is 0 Å². The third-order valence-electron chi connectivity index (χ3n) is 5.44. The highest BCUT2D eigenvalue weighted by atomic mass is 32.2. The fourth-order valence-electron chi connectivity index (χ4n) is 3.63. The van der Waals surface area contributed by atoms with Crippen LogP contribution in [0.2, 0.25) is 0 Å². The van der Waals surface area contributed by atoms with E-state index in [1.165, 1.54) is 24.4 Å². The van der Waals surface area contributed by atoms with E-state index in [1.54, 1.807) is 12.3 Å². The number of benzene rings is 1. The Morgan fingerprint density at radius 3 is 2.50 bits per heavy atom. The lowest BCUT2D eigenvalue weighted by molar-refractivity contribution is 0.0952. The van der Waals surface area contributed by atoms with E-state index in [0.717, 1.165) is 31.1 Å². The van der Waals surface area contributed by atoms with Crippen LogP contribution < -0.4 is 16.0 Å². The van der Waals surface area contributed by atoms with Crippen molar-refractivity contribution in [1.82, 2.24) is 20.3 Å². The van der Waals surface area contributed by atoms with Crippen molar-refractivity contribution < 1.29 is 17.6 Å². The Balaban J connectivity index is 1.82. The predicted molar refractivity (Wildman–Crippen MR) is 127 cm³/mol. The van der Waals surface area contributed by atoms with Crippen LogP contribution in [0, 0.1) is 12.9 Å². The van der Waals surface area contributed by atoms with Crippen molar-refractivity contribution in [2.45, 2.75) is 31.1 Å². The first kappa shape index (κ1) is 23.6. The molecule has 0 radical (unpaired) electrons. The standard InChI is InChI=1S/C23H25FN6O3S/c1-14-12-28-23-29-18-10-16(13-27-20(18)24)17-7-6-15(11-19(17)34(2,32)33)22(31)26-9-5-3-4-8-25-21(14)30-23/h6-7,10-13H,3-5,8-9H2,1-2H3,(H,26,31)(H2,25,28,29,30). The first-order valence-corrected chi connectivity index (χ1v) is 12.7. The number of fused-ring (bicyclic) bond motifs is 9. The van der Waals surface area contributed by atoms with Crippen LogP contribution in [-0.4, -0.2) is 48.6 Å². The topological polar surface area (TPSA) is 126 Å². The minimum Gasteiger partial charge on any atom is -0.370 e. The summed E-state index contributed by atoms with van der Waals surface area (Å²) in [6, 6.07) is 5.85. The highest BCUT2D eigenvalue weighted by Gasteiger charge is 2.20. The minimum absolute atomic E-state index is 0.00788. The number of pyridine rings is 1. The van der Waals surface area contributed by atoms with E-state index >= 15 is 0 Å². The van der Waals surface area contributed by atoms with Gasteiger partial charge in [0.15, 0.2) is 9.84 Å². The lowest BCUT2D eigenvalue weighted by Crippen LogP contribution is -2.24. The number of hydrogen-bond acceptors (Lipinski definition) is 8. The Bertz CT molecular complexity index is 1350. The van der Waals surface area contributed by atoms with Crippen molar-refractivity contribution in [2.75, 3.05) is 30.0 Å². The molecule has 0 atom stereocenters. The van der Waals surface area contributed by atoms with E-state index in [4.69, 9.17) is 0 Å². The number of nitrogens with one attached hydrogen (secondary N) is 3. The van der Waals surface area contributed by atoms with Gasteiger partial charge < -0.3 is 16.0 Å². The molecular formula is C23H25FN6O3S. The van der Waals surface area contributed by atoms with Gasteiger partial charge in [-0.2, -0.15) is 9.37 Å². The predicted octanol–water partition coefficient (Wildman–Crippen LogP) is 3.46. The molecular weight excluding hydrogens is 459 g/mol. The lowest BCUT2D eigenvalue weighted by atomic mass is 10.0. The quantitative estimate of drug-likeness (QED) is 0.449. The molecule has 2 aliphatic heterocycles. The molecule has 0 unspecified atom stereocenters.